The third-order valence-electron chi connectivity index (χ3n) is 4.35. The molecule has 0 aliphatic carbocycles. The minimum absolute atomic E-state index is 0.194. The van der Waals surface area contributed by atoms with Crippen LogP contribution in [0.4, 0.5) is 5.69 Å². The highest BCUT2D eigenvalue weighted by molar-refractivity contribution is 7.92. The highest BCUT2D eigenvalue weighted by atomic mass is 32.2. The zero-order valence-corrected chi connectivity index (χ0v) is 16.5. The molecule has 0 aliphatic heterocycles. The van der Waals surface area contributed by atoms with Crippen molar-refractivity contribution in [3.63, 3.8) is 0 Å². The topological polar surface area (TPSA) is 88.3 Å². The molecule has 3 aromatic rings. The smallest absolute Gasteiger partial charge is 0.262 e. The number of H-pyrrole nitrogens is 1. The van der Waals surface area contributed by atoms with Crippen LogP contribution in [0.25, 0.3) is 10.9 Å². The van der Waals surface area contributed by atoms with Gasteiger partial charge >= 0.3 is 0 Å². The molecule has 0 unspecified atom stereocenters. The molecular formula is C20H22N2O4S. The zero-order chi connectivity index (χ0) is 19.8. The van der Waals surface area contributed by atoms with Crippen molar-refractivity contribution >= 4 is 26.6 Å². The molecule has 1 heterocycles. The van der Waals surface area contributed by atoms with E-state index >= 15 is 0 Å². The van der Waals surface area contributed by atoms with Gasteiger partial charge in [0.1, 0.15) is 5.75 Å². The third-order valence-corrected chi connectivity index (χ3v) is 5.87. The molecule has 142 valence electrons. The highest BCUT2D eigenvalue weighted by Crippen LogP contribution is 2.28. The lowest BCUT2D eigenvalue weighted by Gasteiger charge is -2.14. The largest absolute Gasteiger partial charge is 0.494 e. The van der Waals surface area contributed by atoms with Gasteiger partial charge in [-0.3, -0.25) is 9.52 Å². The summed E-state index contributed by atoms with van der Waals surface area (Å²) in [5.41, 5.74) is 2.72. The van der Waals surface area contributed by atoms with Gasteiger partial charge in [-0.15, -0.1) is 0 Å². The van der Waals surface area contributed by atoms with E-state index in [4.69, 9.17) is 4.74 Å². The van der Waals surface area contributed by atoms with Gasteiger partial charge in [-0.1, -0.05) is 6.07 Å². The molecule has 6 nitrogen and oxygen atoms in total. The van der Waals surface area contributed by atoms with Crippen LogP contribution in [0.1, 0.15) is 23.6 Å². The van der Waals surface area contributed by atoms with Crippen LogP contribution in [0, 0.1) is 20.8 Å². The van der Waals surface area contributed by atoms with E-state index in [1.807, 2.05) is 13.8 Å². The van der Waals surface area contributed by atoms with Crippen LogP contribution in [0.5, 0.6) is 5.75 Å². The Morgan fingerprint density at radius 1 is 1.00 bits per heavy atom. The first-order valence-electron chi connectivity index (χ1n) is 8.62. The zero-order valence-electron chi connectivity index (χ0n) is 15.7. The Morgan fingerprint density at radius 3 is 2.44 bits per heavy atom. The maximum Gasteiger partial charge on any atom is 0.262 e. The van der Waals surface area contributed by atoms with Crippen LogP contribution in [0.3, 0.4) is 0 Å². The summed E-state index contributed by atoms with van der Waals surface area (Å²) in [5.74, 6) is 0.674. The van der Waals surface area contributed by atoms with Gasteiger partial charge in [-0.05, 0) is 74.5 Å². The van der Waals surface area contributed by atoms with E-state index < -0.39 is 10.0 Å². The van der Waals surface area contributed by atoms with Crippen molar-refractivity contribution in [2.75, 3.05) is 11.3 Å². The number of aryl methyl sites for hydroxylation is 3. The van der Waals surface area contributed by atoms with E-state index in [2.05, 4.69) is 9.71 Å². The Hall–Kier alpha value is -2.80. The van der Waals surface area contributed by atoms with Gasteiger partial charge in [-0.25, -0.2) is 8.42 Å². The summed E-state index contributed by atoms with van der Waals surface area (Å²) in [6.07, 6.45) is 0. The Bertz CT molecular complexity index is 1180. The summed E-state index contributed by atoms with van der Waals surface area (Å²) in [5, 5.41) is 0.836. The molecule has 0 atom stereocenters. The first-order valence-corrected chi connectivity index (χ1v) is 10.1. The van der Waals surface area contributed by atoms with Crippen molar-refractivity contribution in [2.24, 2.45) is 0 Å². The summed E-state index contributed by atoms with van der Waals surface area (Å²) in [4.78, 5) is 14.8. The number of aromatic nitrogens is 1. The summed E-state index contributed by atoms with van der Waals surface area (Å²) >= 11 is 0. The molecule has 0 saturated heterocycles. The second-order valence-electron chi connectivity index (χ2n) is 6.51. The number of hydrogen-bond donors (Lipinski definition) is 2. The van der Waals surface area contributed by atoms with Gasteiger partial charge < -0.3 is 9.72 Å². The van der Waals surface area contributed by atoms with E-state index in [0.717, 1.165) is 10.9 Å². The van der Waals surface area contributed by atoms with Crippen molar-refractivity contribution in [1.29, 1.82) is 0 Å². The fourth-order valence-electron chi connectivity index (χ4n) is 2.95. The maximum atomic E-state index is 12.9. The lowest BCUT2D eigenvalue weighted by molar-refractivity contribution is 0.337. The first kappa shape index (κ1) is 19.0. The Balaban J connectivity index is 1.99. The molecule has 27 heavy (non-hydrogen) atoms. The van der Waals surface area contributed by atoms with Crippen LogP contribution < -0.4 is 15.0 Å². The SMILES string of the molecule is CCOc1cc(C)c(S(=O)(=O)Nc2ccc3cc(C)c(=O)[nH]c3c2)cc1C. The predicted molar refractivity (Wildman–Crippen MR) is 107 cm³/mol. The van der Waals surface area contributed by atoms with Crippen LogP contribution in [0.2, 0.25) is 0 Å². The number of aromatic amines is 1. The van der Waals surface area contributed by atoms with E-state index in [0.29, 0.717) is 34.7 Å². The van der Waals surface area contributed by atoms with Gasteiger partial charge in [-0.2, -0.15) is 0 Å². The second kappa shape index (κ2) is 7.08. The van der Waals surface area contributed by atoms with E-state index in [1.54, 1.807) is 50.2 Å². The number of pyridine rings is 1. The molecule has 0 bridgehead atoms. The van der Waals surface area contributed by atoms with Crippen molar-refractivity contribution < 1.29 is 13.2 Å². The van der Waals surface area contributed by atoms with Crippen molar-refractivity contribution in [3.05, 3.63) is 63.4 Å². The van der Waals surface area contributed by atoms with Gasteiger partial charge in [0.2, 0.25) is 0 Å². The summed E-state index contributed by atoms with van der Waals surface area (Å²) in [6, 6.07) is 10.2. The number of rotatable bonds is 5. The predicted octanol–water partition coefficient (Wildman–Crippen LogP) is 3.65. The number of ether oxygens (including phenoxy) is 1. The van der Waals surface area contributed by atoms with Crippen LogP contribution in [-0.2, 0) is 10.0 Å². The van der Waals surface area contributed by atoms with Gasteiger partial charge in [0, 0.05) is 5.56 Å². The minimum atomic E-state index is -3.78. The second-order valence-corrected chi connectivity index (χ2v) is 8.16. The van der Waals surface area contributed by atoms with Gasteiger partial charge in [0.15, 0.2) is 0 Å². The molecule has 0 aliphatic rings. The monoisotopic (exact) mass is 386 g/mol. The number of fused-ring (bicyclic) bond motifs is 1. The molecule has 3 rings (SSSR count). The third kappa shape index (κ3) is 3.83. The highest BCUT2D eigenvalue weighted by Gasteiger charge is 2.19. The Morgan fingerprint density at radius 2 is 1.74 bits per heavy atom. The lowest BCUT2D eigenvalue weighted by atomic mass is 10.1. The molecule has 0 spiro atoms. The van der Waals surface area contributed by atoms with E-state index in [9.17, 15) is 13.2 Å². The first-order chi connectivity index (χ1) is 12.7. The maximum absolute atomic E-state index is 12.9. The molecular weight excluding hydrogens is 364 g/mol. The fraction of sp³-hybridized carbons (Fsp3) is 0.250. The van der Waals surface area contributed by atoms with E-state index in [1.165, 1.54) is 0 Å². The van der Waals surface area contributed by atoms with Crippen molar-refractivity contribution in [3.8, 4) is 5.75 Å². The Labute approximate surface area is 158 Å². The average Bonchev–Trinajstić information content (AvgIpc) is 2.59. The van der Waals surface area contributed by atoms with Crippen LogP contribution in [0.15, 0.2) is 46.1 Å². The average molecular weight is 386 g/mol. The number of anilines is 1. The lowest BCUT2D eigenvalue weighted by Crippen LogP contribution is -2.15. The van der Waals surface area contributed by atoms with Crippen LogP contribution >= 0.6 is 0 Å². The normalized spacial score (nSPS) is 11.6. The summed E-state index contributed by atoms with van der Waals surface area (Å²) in [7, 11) is -3.78. The molecule has 7 heteroatoms. The summed E-state index contributed by atoms with van der Waals surface area (Å²) < 4.78 is 33.9. The molecule has 1 aromatic heterocycles. The summed E-state index contributed by atoms with van der Waals surface area (Å²) in [6.45, 7) is 7.67. The standard InChI is InChI=1S/C20H22N2O4S/c1-5-26-18-9-13(3)19(10-12(18)2)27(24,25)22-16-7-6-15-8-14(4)20(23)21-17(15)11-16/h6-11,22H,5H2,1-4H3,(H,21,23). The number of sulfonamides is 1. The molecule has 2 N–H and O–H groups in total. The quantitative estimate of drug-likeness (QED) is 0.700. The van der Waals surface area contributed by atoms with Crippen molar-refractivity contribution in [1.82, 2.24) is 4.98 Å². The van der Waals surface area contributed by atoms with Gasteiger partial charge in [0.05, 0.1) is 22.7 Å². The number of nitrogens with one attached hydrogen (secondary N) is 2. The van der Waals surface area contributed by atoms with E-state index in [-0.39, 0.29) is 10.5 Å². The Kier molecular flexibility index (Phi) is 4.97. The van der Waals surface area contributed by atoms with Gasteiger partial charge in [0.25, 0.3) is 15.6 Å². The number of hydrogen-bond acceptors (Lipinski definition) is 4. The molecule has 0 saturated carbocycles. The molecule has 2 aromatic carbocycles. The fourth-order valence-corrected chi connectivity index (χ4v) is 4.31. The number of benzene rings is 2. The molecule has 0 fully saturated rings. The minimum Gasteiger partial charge on any atom is -0.494 e. The van der Waals surface area contributed by atoms with Crippen LogP contribution in [-0.4, -0.2) is 20.0 Å². The molecule has 0 amide bonds. The van der Waals surface area contributed by atoms with Crippen molar-refractivity contribution in [2.45, 2.75) is 32.6 Å². The molecule has 0 radical (unpaired) electrons.